The van der Waals surface area contributed by atoms with Crippen LogP contribution >= 0.6 is 11.6 Å². The number of fused-ring (bicyclic) bond motifs is 1. The van der Waals surface area contributed by atoms with Crippen LogP contribution in [0.1, 0.15) is 11.1 Å². The Kier molecular flexibility index (Phi) is 5.07. The lowest BCUT2D eigenvalue weighted by atomic mass is 9.99. The monoisotopic (exact) mass is 400 g/mol. The maximum atomic E-state index is 13.4. The van der Waals surface area contributed by atoms with Gasteiger partial charge in [0.05, 0.1) is 30.8 Å². The molecule has 0 spiro atoms. The Morgan fingerprint density at radius 1 is 1.03 bits per heavy atom. The highest BCUT2D eigenvalue weighted by Crippen LogP contribution is 2.36. The van der Waals surface area contributed by atoms with Crippen molar-refractivity contribution in [3.8, 4) is 22.9 Å². The molecular weight excluding hydrogens is 384 g/mol. The smallest absolute Gasteiger partial charge is 0.294 e. The highest BCUT2D eigenvalue weighted by atomic mass is 35.5. The molecule has 1 aromatic heterocycles. The lowest BCUT2D eigenvalue weighted by molar-refractivity contribution is 0.407. The van der Waals surface area contributed by atoms with E-state index in [-0.39, 0.29) is 11.3 Å². The third-order valence-corrected chi connectivity index (χ3v) is 5.08. The summed E-state index contributed by atoms with van der Waals surface area (Å²) in [6.45, 7) is 0.317. The molecule has 4 rings (SSSR count). The van der Waals surface area contributed by atoms with Crippen molar-refractivity contribution >= 4 is 22.5 Å². The molecule has 0 atom stereocenters. The summed E-state index contributed by atoms with van der Waals surface area (Å²) in [5, 5.41) is 10.6. The van der Waals surface area contributed by atoms with Crippen molar-refractivity contribution in [1.29, 1.82) is 5.26 Å². The number of methoxy groups -OCH3 is 1. The molecule has 0 radical (unpaired) electrons. The predicted molar refractivity (Wildman–Crippen MR) is 115 cm³/mol. The molecule has 3 aromatic carbocycles. The predicted octanol–water partition coefficient (Wildman–Crippen LogP) is 5.25. The Morgan fingerprint density at radius 2 is 1.83 bits per heavy atom. The maximum Gasteiger partial charge on any atom is 0.294 e. The van der Waals surface area contributed by atoms with Gasteiger partial charge in [-0.25, -0.2) is 0 Å². The van der Waals surface area contributed by atoms with Crippen molar-refractivity contribution in [3.05, 3.63) is 99.3 Å². The van der Waals surface area contributed by atoms with Crippen LogP contribution in [-0.2, 0) is 6.54 Å². The van der Waals surface area contributed by atoms with Gasteiger partial charge in [-0.15, -0.1) is 0 Å². The summed E-state index contributed by atoms with van der Waals surface area (Å²) in [4.78, 5) is 13.4. The van der Waals surface area contributed by atoms with Crippen LogP contribution in [0, 0.1) is 11.3 Å². The second kappa shape index (κ2) is 7.83. The van der Waals surface area contributed by atoms with Gasteiger partial charge in [0.1, 0.15) is 0 Å². The molecule has 0 unspecified atom stereocenters. The molecule has 1 heterocycles. The average molecular weight is 401 g/mol. The van der Waals surface area contributed by atoms with Crippen LogP contribution in [0.3, 0.4) is 0 Å². The highest BCUT2D eigenvalue weighted by molar-refractivity contribution is 6.31. The topological polar surface area (TPSA) is 55.0 Å². The fourth-order valence-corrected chi connectivity index (χ4v) is 3.74. The van der Waals surface area contributed by atoms with Gasteiger partial charge < -0.3 is 9.30 Å². The minimum atomic E-state index is -0.233. The van der Waals surface area contributed by atoms with Crippen molar-refractivity contribution in [1.82, 2.24) is 4.57 Å². The summed E-state index contributed by atoms with van der Waals surface area (Å²) in [6, 6.07) is 24.5. The SMILES string of the molecule is COc1c(-c2ccccc2)c2cc(Cl)ccc2n(Cc2cccc(C#N)c2)c1=O. The number of halogens is 1. The zero-order valence-electron chi connectivity index (χ0n) is 15.7. The zero-order valence-corrected chi connectivity index (χ0v) is 16.5. The first-order chi connectivity index (χ1) is 14.1. The third kappa shape index (κ3) is 3.49. The second-order valence-corrected chi connectivity index (χ2v) is 7.08. The van der Waals surface area contributed by atoms with Gasteiger partial charge >= 0.3 is 0 Å². The highest BCUT2D eigenvalue weighted by Gasteiger charge is 2.19. The summed E-state index contributed by atoms with van der Waals surface area (Å²) < 4.78 is 7.23. The van der Waals surface area contributed by atoms with Crippen LogP contribution in [-0.4, -0.2) is 11.7 Å². The van der Waals surface area contributed by atoms with Gasteiger partial charge in [0, 0.05) is 16.0 Å². The molecule has 0 saturated carbocycles. The lowest BCUT2D eigenvalue weighted by Gasteiger charge is -2.18. The van der Waals surface area contributed by atoms with Crippen LogP contribution in [0.5, 0.6) is 5.75 Å². The maximum absolute atomic E-state index is 13.4. The van der Waals surface area contributed by atoms with Crippen molar-refractivity contribution in [2.45, 2.75) is 6.54 Å². The first-order valence-electron chi connectivity index (χ1n) is 9.07. The normalized spacial score (nSPS) is 10.7. The number of nitriles is 1. The number of ether oxygens (including phenoxy) is 1. The molecule has 4 nitrogen and oxygen atoms in total. The quantitative estimate of drug-likeness (QED) is 0.470. The Hall–Kier alpha value is -3.55. The first-order valence-corrected chi connectivity index (χ1v) is 9.44. The van der Waals surface area contributed by atoms with Crippen molar-refractivity contribution < 1.29 is 4.74 Å². The number of hydrogen-bond donors (Lipinski definition) is 0. The van der Waals surface area contributed by atoms with E-state index in [0.29, 0.717) is 17.1 Å². The Bertz CT molecular complexity index is 1300. The molecule has 142 valence electrons. The number of benzene rings is 3. The van der Waals surface area contributed by atoms with Gasteiger partial charge in [0.2, 0.25) is 0 Å². The molecule has 4 aromatic rings. The summed E-state index contributed by atoms with van der Waals surface area (Å²) in [5.74, 6) is 0.266. The van der Waals surface area contributed by atoms with Gasteiger partial charge in [-0.05, 0) is 41.5 Å². The lowest BCUT2D eigenvalue weighted by Crippen LogP contribution is -2.23. The molecule has 29 heavy (non-hydrogen) atoms. The van der Waals surface area contributed by atoms with Gasteiger partial charge in [-0.2, -0.15) is 5.26 Å². The van der Waals surface area contributed by atoms with Crippen LogP contribution in [0.25, 0.3) is 22.0 Å². The van der Waals surface area contributed by atoms with Crippen molar-refractivity contribution in [2.75, 3.05) is 7.11 Å². The first kappa shape index (κ1) is 18.8. The number of nitrogens with zero attached hydrogens (tertiary/aromatic N) is 2. The van der Waals surface area contributed by atoms with E-state index in [9.17, 15) is 10.1 Å². The molecule has 0 aliphatic rings. The van der Waals surface area contributed by atoms with E-state index in [1.807, 2.05) is 54.6 Å². The standard InChI is InChI=1S/C24H17ClN2O2/c1-29-23-22(18-8-3-2-4-9-18)20-13-19(25)10-11-21(20)27(24(23)28)15-17-7-5-6-16(12-17)14-26/h2-13H,15H2,1H3. The van der Waals surface area contributed by atoms with E-state index >= 15 is 0 Å². The van der Waals surface area contributed by atoms with Gasteiger partial charge in [0.25, 0.3) is 5.56 Å². The largest absolute Gasteiger partial charge is 0.491 e. The van der Waals surface area contributed by atoms with E-state index in [0.717, 1.165) is 27.6 Å². The van der Waals surface area contributed by atoms with Gasteiger partial charge in [-0.1, -0.05) is 54.1 Å². The van der Waals surface area contributed by atoms with E-state index in [2.05, 4.69) is 6.07 Å². The third-order valence-electron chi connectivity index (χ3n) is 4.85. The Labute approximate surface area is 173 Å². The molecule has 0 aliphatic heterocycles. The zero-order chi connectivity index (χ0) is 20.4. The van der Waals surface area contributed by atoms with E-state index < -0.39 is 0 Å². The van der Waals surface area contributed by atoms with Gasteiger partial charge in [-0.3, -0.25) is 4.79 Å². The molecule has 0 aliphatic carbocycles. The van der Waals surface area contributed by atoms with E-state index in [1.54, 1.807) is 22.8 Å². The van der Waals surface area contributed by atoms with Crippen LogP contribution in [0.4, 0.5) is 0 Å². The van der Waals surface area contributed by atoms with Crippen LogP contribution in [0.2, 0.25) is 5.02 Å². The van der Waals surface area contributed by atoms with Crippen molar-refractivity contribution in [2.24, 2.45) is 0 Å². The minimum absolute atomic E-state index is 0.233. The minimum Gasteiger partial charge on any atom is -0.491 e. The van der Waals surface area contributed by atoms with Crippen molar-refractivity contribution in [3.63, 3.8) is 0 Å². The molecule has 0 fully saturated rings. The molecule has 0 saturated heterocycles. The summed E-state index contributed by atoms with van der Waals surface area (Å²) >= 11 is 6.30. The number of pyridine rings is 1. The molecule has 5 heteroatoms. The van der Waals surface area contributed by atoms with Crippen LogP contribution in [0.15, 0.2) is 77.6 Å². The fourth-order valence-electron chi connectivity index (χ4n) is 3.56. The number of hydrogen-bond acceptors (Lipinski definition) is 3. The Balaban J connectivity index is 2.03. The fraction of sp³-hybridized carbons (Fsp3) is 0.0833. The summed E-state index contributed by atoms with van der Waals surface area (Å²) in [6.07, 6.45) is 0. The summed E-state index contributed by atoms with van der Waals surface area (Å²) in [7, 11) is 1.50. The van der Waals surface area contributed by atoms with Gasteiger partial charge in [0.15, 0.2) is 5.75 Å². The second-order valence-electron chi connectivity index (χ2n) is 6.64. The van der Waals surface area contributed by atoms with Crippen LogP contribution < -0.4 is 10.3 Å². The molecule has 0 N–H and O–H groups in total. The summed E-state index contributed by atoms with van der Waals surface area (Å²) in [5.41, 5.74) is 3.53. The average Bonchev–Trinajstić information content (AvgIpc) is 2.76. The molecule has 0 amide bonds. The number of aromatic nitrogens is 1. The Morgan fingerprint density at radius 3 is 2.55 bits per heavy atom. The van der Waals surface area contributed by atoms with E-state index in [4.69, 9.17) is 16.3 Å². The van der Waals surface area contributed by atoms with E-state index in [1.165, 1.54) is 7.11 Å². The molecule has 0 bridgehead atoms. The number of rotatable bonds is 4. The molecular formula is C24H17ClN2O2.